The van der Waals surface area contributed by atoms with E-state index in [4.69, 9.17) is 27.9 Å². The summed E-state index contributed by atoms with van der Waals surface area (Å²) < 4.78 is 5.86. The SMILES string of the molecule is CC[C@@H](C(=O)O)N1C(=O)CO[C@H](c2ccc(Cl)cc2)[C@@H]1c1ccc(Cl)cc1. The Hall–Kier alpha value is -2.08. The third-order valence-electron chi connectivity index (χ3n) is 4.68. The molecule has 3 atom stereocenters. The highest BCUT2D eigenvalue weighted by Crippen LogP contribution is 2.42. The molecule has 0 saturated carbocycles. The topological polar surface area (TPSA) is 66.8 Å². The van der Waals surface area contributed by atoms with E-state index in [9.17, 15) is 14.7 Å². The fourth-order valence-electron chi connectivity index (χ4n) is 3.41. The third kappa shape index (κ3) is 4.10. The minimum absolute atomic E-state index is 0.179. The Morgan fingerprint density at radius 2 is 1.63 bits per heavy atom. The highest BCUT2D eigenvalue weighted by atomic mass is 35.5. The number of hydrogen-bond acceptors (Lipinski definition) is 3. The summed E-state index contributed by atoms with van der Waals surface area (Å²) in [5.74, 6) is -1.39. The number of benzene rings is 2. The molecule has 0 aromatic heterocycles. The van der Waals surface area contributed by atoms with E-state index in [1.165, 1.54) is 4.90 Å². The van der Waals surface area contributed by atoms with Crippen molar-refractivity contribution in [3.05, 3.63) is 69.7 Å². The van der Waals surface area contributed by atoms with Crippen LogP contribution in [0.1, 0.15) is 36.6 Å². The standard InChI is InChI=1S/C20H19Cl2NO4/c1-2-16(20(25)26)23-17(24)11-27-19(13-5-9-15(22)10-6-13)18(23)12-3-7-14(21)8-4-12/h3-10,16,18-19H,2,11H2,1H3,(H,25,26)/t16-,18-,19+/m0/s1. The predicted octanol–water partition coefficient (Wildman–Crippen LogP) is 4.50. The van der Waals surface area contributed by atoms with Gasteiger partial charge >= 0.3 is 5.97 Å². The van der Waals surface area contributed by atoms with Crippen molar-refractivity contribution in [3.63, 3.8) is 0 Å². The van der Waals surface area contributed by atoms with Gasteiger partial charge in [-0.05, 0) is 41.8 Å². The Morgan fingerprint density at radius 1 is 1.11 bits per heavy atom. The second-order valence-corrected chi connectivity index (χ2v) is 7.22. The average molecular weight is 408 g/mol. The van der Waals surface area contributed by atoms with Gasteiger partial charge in [0.2, 0.25) is 5.91 Å². The summed E-state index contributed by atoms with van der Waals surface area (Å²) >= 11 is 12.0. The number of nitrogens with zero attached hydrogens (tertiary/aromatic N) is 1. The van der Waals surface area contributed by atoms with Gasteiger partial charge in [-0.25, -0.2) is 4.79 Å². The van der Waals surface area contributed by atoms with E-state index in [1.807, 2.05) is 12.1 Å². The van der Waals surface area contributed by atoms with Gasteiger partial charge in [-0.15, -0.1) is 0 Å². The molecule has 1 N–H and O–H groups in total. The van der Waals surface area contributed by atoms with Gasteiger partial charge in [0.05, 0.1) is 6.04 Å². The Kier molecular flexibility index (Phi) is 6.05. The van der Waals surface area contributed by atoms with E-state index in [0.29, 0.717) is 16.5 Å². The Morgan fingerprint density at radius 3 is 2.11 bits per heavy atom. The van der Waals surface area contributed by atoms with Crippen LogP contribution in [0.25, 0.3) is 0 Å². The fourth-order valence-corrected chi connectivity index (χ4v) is 3.66. The molecule has 1 aliphatic rings. The number of carbonyl (C=O) groups excluding carboxylic acids is 1. The zero-order chi connectivity index (χ0) is 19.6. The first-order valence-corrected chi connectivity index (χ1v) is 9.34. The quantitative estimate of drug-likeness (QED) is 0.791. The molecule has 2 aromatic carbocycles. The molecule has 0 unspecified atom stereocenters. The van der Waals surface area contributed by atoms with E-state index in [0.717, 1.165) is 11.1 Å². The van der Waals surface area contributed by atoms with Gasteiger partial charge in [-0.3, -0.25) is 4.79 Å². The van der Waals surface area contributed by atoms with Crippen LogP contribution in [0.2, 0.25) is 10.0 Å². The monoisotopic (exact) mass is 407 g/mol. The minimum atomic E-state index is -1.04. The van der Waals surface area contributed by atoms with Crippen LogP contribution in [0.15, 0.2) is 48.5 Å². The minimum Gasteiger partial charge on any atom is -0.480 e. The number of aliphatic carboxylic acids is 1. The molecule has 1 fully saturated rings. The predicted molar refractivity (Wildman–Crippen MR) is 103 cm³/mol. The first kappa shape index (κ1) is 19.7. The molecule has 142 valence electrons. The van der Waals surface area contributed by atoms with Crippen molar-refractivity contribution in [2.75, 3.05) is 6.61 Å². The lowest BCUT2D eigenvalue weighted by atomic mass is 9.91. The molecule has 3 rings (SSSR count). The number of carbonyl (C=O) groups is 2. The summed E-state index contributed by atoms with van der Waals surface area (Å²) in [6, 6.07) is 12.6. The molecule has 0 aliphatic carbocycles. The second-order valence-electron chi connectivity index (χ2n) is 6.34. The molecule has 1 amide bonds. The number of carboxylic acid groups (broad SMARTS) is 1. The number of amides is 1. The van der Waals surface area contributed by atoms with Gasteiger partial charge in [-0.1, -0.05) is 54.4 Å². The molecule has 0 spiro atoms. The molecular weight excluding hydrogens is 389 g/mol. The molecule has 5 nitrogen and oxygen atoms in total. The van der Waals surface area contributed by atoms with Crippen molar-refractivity contribution in [1.29, 1.82) is 0 Å². The van der Waals surface area contributed by atoms with Gasteiger partial charge in [0, 0.05) is 10.0 Å². The highest BCUT2D eigenvalue weighted by Gasteiger charge is 2.43. The van der Waals surface area contributed by atoms with Crippen LogP contribution < -0.4 is 0 Å². The van der Waals surface area contributed by atoms with Crippen molar-refractivity contribution < 1.29 is 19.4 Å². The zero-order valence-corrected chi connectivity index (χ0v) is 16.2. The smallest absolute Gasteiger partial charge is 0.326 e. The normalized spacial score (nSPS) is 21.1. The zero-order valence-electron chi connectivity index (χ0n) is 14.6. The van der Waals surface area contributed by atoms with Crippen LogP contribution in [0.5, 0.6) is 0 Å². The second kappa shape index (κ2) is 8.30. The molecule has 27 heavy (non-hydrogen) atoms. The van der Waals surface area contributed by atoms with Gasteiger partial charge in [-0.2, -0.15) is 0 Å². The fraction of sp³-hybridized carbons (Fsp3) is 0.300. The Bertz CT molecular complexity index is 823. The number of carboxylic acids is 1. The van der Waals surface area contributed by atoms with Crippen LogP contribution >= 0.6 is 23.2 Å². The molecule has 2 aromatic rings. The van der Waals surface area contributed by atoms with Crippen molar-refractivity contribution in [2.45, 2.75) is 31.5 Å². The lowest BCUT2D eigenvalue weighted by Crippen LogP contribution is -2.53. The highest BCUT2D eigenvalue weighted by molar-refractivity contribution is 6.30. The van der Waals surface area contributed by atoms with Crippen molar-refractivity contribution in [2.24, 2.45) is 0 Å². The van der Waals surface area contributed by atoms with Crippen LogP contribution in [0, 0.1) is 0 Å². The number of halogens is 2. The summed E-state index contributed by atoms with van der Waals surface area (Å²) in [6.45, 7) is 1.57. The van der Waals surface area contributed by atoms with Crippen LogP contribution in [-0.2, 0) is 14.3 Å². The summed E-state index contributed by atoms with van der Waals surface area (Å²) in [4.78, 5) is 25.9. The summed E-state index contributed by atoms with van der Waals surface area (Å²) in [5, 5.41) is 10.8. The van der Waals surface area contributed by atoms with Crippen molar-refractivity contribution in [1.82, 2.24) is 4.90 Å². The summed E-state index contributed by atoms with van der Waals surface area (Å²) in [6.07, 6.45) is -0.229. The van der Waals surface area contributed by atoms with E-state index in [2.05, 4.69) is 0 Å². The molecule has 0 bridgehead atoms. The third-order valence-corrected chi connectivity index (χ3v) is 5.18. The lowest BCUT2D eigenvalue weighted by Gasteiger charge is -2.44. The Labute approximate surface area is 167 Å². The number of hydrogen-bond donors (Lipinski definition) is 1. The van der Waals surface area contributed by atoms with E-state index in [1.54, 1.807) is 43.3 Å². The van der Waals surface area contributed by atoms with Crippen LogP contribution in [-0.4, -0.2) is 34.5 Å². The van der Waals surface area contributed by atoms with E-state index in [-0.39, 0.29) is 12.5 Å². The van der Waals surface area contributed by atoms with Gasteiger partial charge in [0.15, 0.2) is 0 Å². The maximum Gasteiger partial charge on any atom is 0.326 e. The molecule has 1 heterocycles. The largest absolute Gasteiger partial charge is 0.480 e. The van der Waals surface area contributed by atoms with Crippen molar-refractivity contribution in [3.8, 4) is 0 Å². The number of ether oxygens (including phenoxy) is 1. The molecule has 7 heteroatoms. The number of morpholine rings is 1. The first-order valence-electron chi connectivity index (χ1n) is 8.59. The molecular formula is C20H19Cl2NO4. The number of rotatable bonds is 5. The van der Waals surface area contributed by atoms with E-state index < -0.39 is 24.2 Å². The van der Waals surface area contributed by atoms with Gasteiger partial charge in [0.1, 0.15) is 18.8 Å². The first-order chi connectivity index (χ1) is 12.9. The van der Waals surface area contributed by atoms with Gasteiger partial charge < -0.3 is 14.7 Å². The lowest BCUT2D eigenvalue weighted by molar-refractivity contribution is -0.171. The average Bonchev–Trinajstić information content (AvgIpc) is 2.65. The Balaban J connectivity index is 2.11. The van der Waals surface area contributed by atoms with Crippen LogP contribution in [0.3, 0.4) is 0 Å². The molecule has 0 radical (unpaired) electrons. The molecule has 1 saturated heterocycles. The molecule has 1 aliphatic heterocycles. The van der Waals surface area contributed by atoms with Crippen LogP contribution in [0.4, 0.5) is 0 Å². The van der Waals surface area contributed by atoms with Crippen molar-refractivity contribution >= 4 is 35.1 Å². The maximum absolute atomic E-state index is 12.7. The summed E-state index contributed by atoms with van der Waals surface area (Å²) in [7, 11) is 0. The van der Waals surface area contributed by atoms with Gasteiger partial charge in [0.25, 0.3) is 0 Å². The van der Waals surface area contributed by atoms with E-state index >= 15 is 0 Å². The summed E-state index contributed by atoms with van der Waals surface area (Å²) in [5.41, 5.74) is 1.57. The maximum atomic E-state index is 12.7.